The standard InChI is InChI=1S/C9H18O2/c1-2-3-4-5-6-7-8-9(10)11/h2-8H2,1H3,(H,10,11)/i7D2,8D2. The maximum absolute atomic E-state index is 10.5. The molecule has 0 saturated carbocycles. The summed E-state index contributed by atoms with van der Waals surface area (Å²) < 4.78 is 29.1. The summed E-state index contributed by atoms with van der Waals surface area (Å²) in [4.78, 5) is 10.5. The van der Waals surface area contributed by atoms with Crippen molar-refractivity contribution in [2.45, 2.75) is 51.8 Å². The van der Waals surface area contributed by atoms with Crippen LogP contribution < -0.4 is 0 Å². The lowest BCUT2D eigenvalue weighted by molar-refractivity contribution is -0.137. The first-order chi connectivity index (χ1) is 6.75. The lowest BCUT2D eigenvalue weighted by Crippen LogP contribution is -1.93. The Morgan fingerprint density at radius 3 is 2.55 bits per heavy atom. The van der Waals surface area contributed by atoms with Crippen LogP contribution in [-0.2, 0) is 4.79 Å². The molecule has 0 radical (unpaired) electrons. The molecule has 0 heterocycles. The number of aliphatic carboxylic acids is 1. The Hall–Kier alpha value is -0.530. The molecule has 0 unspecified atom stereocenters. The van der Waals surface area contributed by atoms with Gasteiger partial charge in [0.2, 0.25) is 0 Å². The van der Waals surface area contributed by atoms with Crippen LogP contribution in [0.25, 0.3) is 0 Å². The zero-order chi connectivity index (χ0) is 12.1. The highest BCUT2D eigenvalue weighted by atomic mass is 16.4. The summed E-state index contributed by atoms with van der Waals surface area (Å²) in [5, 5.41) is 8.56. The molecule has 0 rings (SSSR count). The molecule has 66 valence electrons. The molecule has 0 aromatic carbocycles. The van der Waals surface area contributed by atoms with Gasteiger partial charge in [0, 0.05) is 11.9 Å². The fourth-order valence-corrected chi connectivity index (χ4v) is 0.778. The molecule has 0 aromatic heterocycles. The first kappa shape index (κ1) is 5.18. The second-order valence-electron chi connectivity index (χ2n) is 2.42. The summed E-state index contributed by atoms with van der Waals surface area (Å²) >= 11 is 0. The van der Waals surface area contributed by atoms with Gasteiger partial charge in [-0.3, -0.25) is 4.79 Å². The van der Waals surface area contributed by atoms with E-state index >= 15 is 0 Å². The Morgan fingerprint density at radius 2 is 2.00 bits per heavy atom. The van der Waals surface area contributed by atoms with Crippen LogP contribution in [0.4, 0.5) is 0 Å². The van der Waals surface area contributed by atoms with Crippen molar-refractivity contribution in [2.75, 3.05) is 0 Å². The van der Waals surface area contributed by atoms with E-state index in [2.05, 4.69) is 0 Å². The molecule has 0 atom stereocenters. The number of unbranched alkanes of at least 4 members (excludes halogenated alkanes) is 3. The molecule has 2 heteroatoms. The Bertz CT molecular complexity index is 216. The van der Waals surface area contributed by atoms with Crippen molar-refractivity contribution in [3.8, 4) is 0 Å². The minimum Gasteiger partial charge on any atom is -0.481 e. The first-order valence-electron chi connectivity index (χ1n) is 5.99. The van der Waals surface area contributed by atoms with Gasteiger partial charge >= 0.3 is 5.97 Å². The summed E-state index contributed by atoms with van der Waals surface area (Å²) in [5.41, 5.74) is 0. The zero-order valence-electron chi connectivity index (χ0n) is 10.9. The average molecular weight is 162 g/mol. The maximum atomic E-state index is 10.5. The second kappa shape index (κ2) is 7.58. The first-order valence-corrected chi connectivity index (χ1v) is 3.99. The topological polar surface area (TPSA) is 37.3 Å². The quantitative estimate of drug-likeness (QED) is 0.584. The maximum Gasteiger partial charge on any atom is 0.303 e. The summed E-state index contributed by atoms with van der Waals surface area (Å²) in [6.07, 6.45) is -1.85. The zero-order valence-corrected chi connectivity index (χ0v) is 6.89. The van der Waals surface area contributed by atoms with Crippen LogP contribution in [0.3, 0.4) is 0 Å². The van der Waals surface area contributed by atoms with Crippen LogP contribution in [0.2, 0.25) is 0 Å². The van der Waals surface area contributed by atoms with E-state index < -0.39 is 18.7 Å². The van der Waals surface area contributed by atoms with E-state index in [-0.39, 0.29) is 6.42 Å². The fourth-order valence-electron chi connectivity index (χ4n) is 0.778. The van der Waals surface area contributed by atoms with Gasteiger partial charge in [-0.25, -0.2) is 0 Å². The number of carboxylic acids is 1. The van der Waals surface area contributed by atoms with Gasteiger partial charge in [-0.05, 0) is 6.37 Å². The highest BCUT2D eigenvalue weighted by Crippen LogP contribution is 2.06. The van der Waals surface area contributed by atoms with E-state index in [1.165, 1.54) is 0 Å². The third kappa shape index (κ3) is 9.47. The lowest BCUT2D eigenvalue weighted by Gasteiger charge is -1.97. The SMILES string of the molecule is [2H]C([2H])(CCCCCC)C([2H])([2H])C(=O)O. The van der Waals surface area contributed by atoms with Gasteiger partial charge < -0.3 is 5.11 Å². The van der Waals surface area contributed by atoms with Crippen molar-refractivity contribution < 1.29 is 15.4 Å². The van der Waals surface area contributed by atoms with Crippen LogP contribution in [0.1, 0.15) is 57.3 Å². The van der Waals surface area contributed by atoms with Gasteiger partial charge in [-0.2, -0.15) is 0 Å². The molecule has 0 aliphatic rings. The van der Waals surface area contributed by atoms with E-state index in [1.807, 2.05) is 6.92 Å². The largest absolute Gasteiger partial charge is 0.481 e. The van der Waals surface area contributed by atoms with E-state index in [0.717, 1.165) is 19.3 Å². The Morgan fingerprint density at radius 1 is 1.36 bits per heavy atom. The fraction of sp³-hybridized carbons (Fsp3) is 0.889. The molecule has 2 nitrogen and oxygen atoms in total. The van der Waals surface area contributed by atoms with Gasteiger partial charge in [-0.15, -0.1) is 0 Å². The van der Waals surface area contributed by atoms with Crippen molar-refractivity contribution in [3.05, 3.63) is 0 Å². The predicted molar refractivity (Wildman–Crippen MR) is 45.6 cm³/mol. The summed E-state index contributed by atoms with van der Waals surface area (Å²) in [6, 6.07) is 0. The summed E-state index contributed by atoms with van der Waals surface area (Å²) in [5.74, 6) is -1.73. The third-order valence-electron chi connectivity index (χ3n) is 1.35. The van der Waals surface area contributed by atoms with Crippen molar-refractivity contribution in [3.63, 3.8) is 0 Å². The molecule has 0 fully saturated rings. The van der Waals surface area contributed by atoms with Crippen LogP contribution in [0.5, 0.6) is 0 Å². The molecule has 0 aliphatic heterocycles. The molecule has 0 spiro atoms. The van der Waals surface area contributed by atoms with Crippen LogP contribution in [0, 0.1) is 0 Å². The lowest BCUT2D eigenvalue weighted by atomic mass is 10.1. The number of hydrogen-bond acceptors (Lipinski definition) is 1. The molecule has 0 saturated heterocycles. The monoisotopic (exact) mass is 162 g/mol. The average Bonchev–Trinajstić information content (AvgIpc) is 2.12. The minimum absolute atomic E-state index is 0.0493. The molecular formula is C9H18O2. The van der Waals surface area contributed by atoms with Crippen LogP contribution >= 0.6 is 0 Å². The van der Waals surface area contributed by atoms with E-state index in [1.54, 1.807) is 0 Å². The van der Waals surface area contributed by atoms with Crippen molar-refractivity contribution in [1.82, 2.24) is 0 Å². The molecule has 11 heavy (non-hydrogen) atoms. The minimum atomic E-state index is -2.81. The van der Waals surface area contributed by atoms with Gasteiger partial charge in [-0.1, -0.05) is 39.0 Å². The molecule has 0 aliphatic carbocycles. The van der Waals surface area contributed by atoms with Crippen LogP contribution in [-0.4, -0.2) is 11.1 Å². The Kier molecular flexibility index (Phi) is 3.56. The smallest absolute Gasteiger partial charge is 0.303 e. The highest BCUT2D eigenvalue weighted by Gasteiger charge is 1.95. The Labute approximate surface area is 74.2 Å². The van der Waals surface area contributed by atoms with Crippen molar-refractivity contribution in [1.29, 1.82) is 0 Å². The molecular weight excluding hydrogens is 140 g/mol. The number of rotatable bonds is 7. The van der Waals surface area contributed by atoms with Gasteiger partial charge in [0.1, 0.15) is 0 Å². The number of carbonyl (C=O) groups is 1. The highest BCUT2D eigenvalue weighted by molar-refractivity contribution is 5.66. The normalized spacial score (nSPS) is 17.9. The Balaban J connectivity index is 4.22. The van der Waals surface area contributed by atoms with Gasteiger partial charge in [0.25, 0.3) is 0 Å². The summed E-state index contributed by atoms with van der Waals surface area (Å²) in [7, 11) is 0. The molecule has 1 N–H and O–H groups in total. The van der Waals surface area contributed by atoms with Crippen LogP contribution in [0.15, 0.2) is 0 Å². The molecule has 0 aromatic rings. The molecule has 0 bridgehead atoms. The third-order valence-corrected chi connectivity index (χ3v) is 1.35. The second-order valence-corrected chi connectivity index (χ2v) is 2.42. The van der Waals surface area contributed by atoms with Crippen molar-refractivity contribution in [2.24, 2.45) is 0 Å². The summed E-state index contributed by atoms with van der Waals surface area (Å²) in [6.45, 7) is 2.02. The number of carboxylic acid groups (broad SMARTS) is 1. The van der Waals surface area contributed by atoms with E-state index in [4.69, 9.17) is 10.6 Å². The van der Waals surface area contributed by atoms with Gasteiger partial charge in [0.15, 0.2) is 0 Å². The van der Waals surface area contributed by atoms with E-state index in [0.29, 0.717) is 6.42 Å². The van der Waals surface area contributed by atoms with Gasteiger partial charge in [0.05, 0.1) is 0 Å². The van der Waals surface area contributed by atoms with Crippen molar-refractivity contribution >= 4 is 5.97 Å². The predicted octanol–water partition coefficient (Wildman–Crippen LogP) is 2.82. The molecule has 0 amide bonds. The number of hydrogen-bond donors (Lipinski definition) is 1. The van der Waals surface area contributed by atoms with E-state index in [9.17, 15) is 4.79 Å².